The smallest absolute Gasteiger partial charge is 0.225 e. The molecule has 0 unspecified atom stereocenters. The monoisotopic (exact) mass is 545 g/mol. The van der Waals surface area contributed by atoms with Crippen molar-refractivity contribution in [2.24, 2.45) is 0 Å². The number of hydrogen-bond acceptors (Lipinski definition) is 0. The van der Waals surface area contributed by atoms with Gasteiger partial charge >= 0.3 is 0 Å². The molecule has 42 heavy (non-hydrogen) atoms. The Bertz CT molecular complexity index is 1810. The van der Waals surface area contributed by atoms with Gasteiger partial charge in [0, 0.05) is 16.7 Å². The first-order valence-electron chi connectivity index (χ1n) is 15.1. The number of fused-ring (bicyclic) bond motifs is 3. The van der Waals surface area contributed by atoms with Crippen LogP contribution >= 0.6 is 0 Å². The highest BCUT2D eigenvalue weighted by Crippen LogP contribution is 2.40. The molecule has 0 amide bonds. The Balaban J connectivity index is 1.46. The predicted molar refractivity (Wildman–Crippen MR) is 175 cm³/mol. The summed E-state index contributed by atoms with van der Waals surface area (Å²) in [7, 11) is 0. The Labute approximate surface area is 249 Å². The molecule has 2 heterocycles. The second-order valence-corrected chi connectivity index (χ2v) is 12.1. The van der Waals surface area contributed by atoms with Gasteiger partial charge in [-0.3, -0.25) is 0 Å². The van der Waals surface area contributed by atoms with Gasteiger partial charge in [-0.15, -0.1) is 0 Å². The molecule has 0 N–H and O–H groups in total. The van der Waals surface area contributed by atoms with Gasteiger partial charge in [0.25, 0.3) is 5.82 Å². The standard InChI is InChI=1S/C40H37N2/c1-27(2)37-24-35(34-22-32(29-13-7-5-8-14-29)21-33(23-34)30-15-9-6-10-16-30)25-38(28(3)4)39(37)42-20-19-41-26-31-17-11-12-18-36(31)40(41)42/h5-25,27-28H,26H2,1-4H3/q+1. The van der Waals surface area contributed by atoms with E-state index in [-0.39, 0.29) is 0 Å². The molecule has 0 spiro atoms. The molecule has 1 aromatic heterocycles. The Morgan fingerprint density at radius 2 is 1.02 bits per heavy atom. The molecule has 6 aromatic rings. The first kappa shape index (κ1) is 26.2. The van der Waals surface area contributed by atoms with Crippen molar-refractivity contribution in [1.29, 1.82) is 0 Å². The fourth-order valence-corrected chi connectivity index (χ4v) is 6.47. The van der Waals surface area contributed by atoms with Crippen LogP contribution in [0.4, 0.5) is 0 Å². The summed E-state index contributed by atoms with van der Waals surface area (Å²) >= 11 is 0. The molecule has 0 saturated heterocycles. The lowest BCUT2D eigenvalue weighted by Crippen LogP contribution is -2.30. The molecular formula is C40H37N2+. The van der Waals surface area contributed by atoms with E-state index in [1.54, 1.807) is 0 Å². The zero-order valence-corrected chi connectivity index (χ0v) is 24.9. The van der Waals surface area contributed by atoms with E-state index in [2.05, 4.69) is 164 Å². The zero-order chi connectivity index (χ0) is 28.8. The summed E-state index contributed by atoms with van der Waals surface area (Å²) in [4.78, 5) is 0. The van der Waals surface area contributed by atoms with Gasteiger partial charge in [-0.2, -0.15) is 4.57 Å². The van der Waals surface area contributed by atoms with Crippen LogP contribution in [0.3, 0.4) is 0 Å². The van der Waals surface area contributed by atoms with Crippen LogP contribution in [0.1, 0.15) is 56.2 Å². The minimum absolute atomic E-state index is 0.364. The Morgan fingerprint density at radius 1 is 0.548 bits per heavy atom. The van der Waals surface area contributed by atoms with Gasteiger partial charge in [-0.25, -0.2) is 4.57 Å². The third-order valence-corrected chi connectivity index (χ3v) is 8.63. The Kier molecular flexibility index (Phi) is 6.63. The third kappa shape index (κ3) is 4.58. The van der Waals surface area contributed by atoms with Crippen molar-refractivity contribution in [1.82, 2.24) is 4.57 Å². The van der Waals surface area contributed by atoms with Crippen LogP contribution in [0.2, 0.25) is 0 Å². The number of nitrogens with zero attached hydrogens (tertiary/aromatic N) is 2. The molecule has 7 rings (SSSR count). The number of benzene rings is 5. The molecule has 0 atom stereocenters. The van der Waals surface area contributed by atoms with Crippen LogP contribution in [0.25, 0.3) is 50.5 Å². The molecule has 0 bridgehead atoms. The molecule has 2 nitrogen and oxygen atoms in total. The topological polar surface area (TPSA) is 8.81 Å². The summed E-state index contributed by atoms with van der Waals surface area (Å²) in [6, 6.07) is 42.3. The molecule has 206 valence electrons. The van der Waals surface area contributed by atoms with E-state index in [0.29, 0.717) is 11.8 Å². The van der Waals surface area contributed by atoms with Gasteiger partial charge in [0.15, 0.2) is 0 Å². The van der Waals surface area contributed by atoms with Crippen LogP contribution in [0.15, 0.2) is 128 Å². The van der Waals surface area contributed by atoms with Gasteiger partial charge in [-0.1, -0.05) is 107 Å². The second-order valence-electron chi connectivity index (χ2n) is 12.1. The van der Waals surface area contributed by atoms with Gasteiger partial charge in [0.2, 0.25) is 0 Å². The van der Waals surface area contributed by atoms with Gasteiger partial charge < -0.3 is 0 Å². The SMILES string of the molecule is CC(C)c1cc(-c2cc(-c3ccccc3)cc(-c3ccccc3)c2)cc(C(C)C)c1-n1cc[n+]2c1-c1ccccc1C2. The van der Waals surface area contributed by atoms with Crippen LogP contribution in [-0.2, 0) is 6.54 Å². The lowest BCUT2D eigenvalue weighted by Gasteiger charge is -2.20. The first-order valence-corrected chi connectivity index (χ1v) is 15.1. The van der Waals surface area contributed by atoms with E-state index in [0.717, 1.165) is 6.54 Å². The molecule has 0 fully saturated rings. The zero-order valence-electron chi connectivity index (χ0n) is 24.9. The van der Waals surface area contributed by atoms with Crippen molar-refractivity contribution < 1.29 is 4.57 Å². The molecular weight excluding hydrogens is 508 g/mol. The summed E-state index contributed by atoms with van der Waals surface area (Å²) in [5.74, 6) is 2.01. The predicted octanol–water partition coefficient (Wildman–Crippen LogP) is 10.0. The third-order valence-electron chi connectivity index (χ3n) is 8.63. The van der Waals surface area contributed by atoms with Crippen LogP contribution in [0, 0.1) is 0 Å². The number of aromatic nitrogens is 2. The van der Waals surface area contributed by atoms with Crippen molar-refractivity contribution in [3.63, 3.8) is 0 Å². The fraction of sp³-hybridized carbons (Fsp3) is 0.175. The summed E-state index contributed by atoms with van der Waals surface area (Å²) in [6.07, 6.45) is 4.51. The fourth-order valence-electron chi connectivity index (χ4n) is 6.47. The minimum atomic E-state index is 0.364. The van der Waals surface area contributed by atoms with Crippen molar-refractivity contribution in [2.75, 3.05) is 0 Å². The van der Waals surface area contributed by atoms with E-state index < -0.39 is 0 Å². The van der Waals surface area contributed by atoms with E-state index >= 15 is 0 Å². The average Bonchev–Trinajstić information content (AvgIpc) is 3.60. The molecule has 2 heteroatoms. The first-order chi connectivity index (χ1) is 20.5. The van der Waals surface area contributed by atoms with Gasteiger partial charge in [0.05, 0.1) is 5.56 Å². The van der Waals surface area contributed by atoms with Crippen molar-refractivity contribution in [3.05, 3.63) is 144 Å². The number of hydrogen-bond donors (Lipinski definition) is 0. The molecule has 5 aromatic carbocycles. The highest BCUT2D eigenvalue weighted by atomic mass is 15.2. The summed E-state index contributed by atoms with van der Waals surface area (Å²) in [5, 5.41) is 0. The van der Waals surface area contributed by atoms with E-state index in [4.69, 9.17) is 0 Å². The van der Waals surface area contributed by atoms with Crippen molar-refractivity contribution in [3.8, 4) is 50.5 Å². The highest BCUT2D eigenvalue weighted by Gasteiger charge is 2.32. The summed E-state index contributed by atoms with van der Waals surface area (Å²) in [6.45, 7) is 10.2. The molecule has 1 aliphatic rings. The van der Waals surface area contributed by atoms with Crippen LogP contribution < -0.4 is 4.57 Å². The summed E-state index contributed by atoms with van der Waals surface area (Å²) < 4.78 is 4.85. The Hall–Kier alpha value is -4.69. The molecule has 0 aliphatic carbocycles. The van der Waals surface area contributed by atoms with E-state index in [9.17, 15) is 0 Å². The van der Waals surface area contributed by atoms with E-state index in [1.807, 2.05) is 0 Å². The molecule has 0 radical (unpaired) electrons. The molecule has 0 saturated carbocycles. The normalized spacial score (nSPS) is 12.1. The van der Waals surface area contributed by atoms with Crippen LogP contribution in [0.5, 0.6) is 0 Å². The second kappa shape index (κ2) is 10.6. The maximum atomic E-state index is 2.45. The quantitative estimate of drug-likeness (QED) is 0.184. The highest BCUT2D eigenvalue weighted by molar-refractivity contribution is 5.82. The van der Waals surface area contributed by atoms with E-state index in [1.165, 1.54) is 67.1 Å². The summed E-state index contributed by atoms with van der Waals surface area (Å²) in [5.41, 5.74) is 14.3. The largest absolute Gasteiger partial charge is 0.294 e. The maximum Gasteiger partial charge on any atom is 0.294 e. The van der Waals surface area contributed by atoms with Crippen LogP contribution in [-0.4, -0.2) is 4.57 Å². The lowest BCUT2D eigenvalue weighted by molar-refractivity contribution is -0.671. The van der Waals surface area contributed by atoms with Gasteiger partial charge in [-0.05, 0) is 81.6 Å². The number of imidazole rings is 1. The lowest BCUT2D eigenvalue weighted by atomic mass is 9.86. The minimum Gasteiger partial charge on any atom is -0.225 e. The van der Waals surface area contributed by atoms with Crippen molar-refractivity contribution >= 4 is 0 Å². The molecule has 1 aliphatic heterocycles. The number of rotatable bonds is 6. The van der Waals surface area contributed by atoms with Crippen molar-refractivity contribution in [2.45, 2.75) is 46.1 Å². The Morgan fingerprint density at radius 3 is 1.57 bits per heavy atom. The maximum absolute atomic E-state index is 2.45. The van der Waals surface area contributed by atoms with Gasteiger partial charge in [0.1, 0.15) is 24.6 Å². The average molecular weight is 546 g/mol.